The zero-order valence-corrected chi connectivity index (χ0v) is 18.1. The van der Waals surface area contributed by atoms with Crippen molar-refractivity contribution in [2.45, 2.75) is 65.7 Å². The number of pyridine rings is 1. The van der Waals surface area contributed by atoms with E-state index in [2.05, 4.69) is 75.7 Å². The van der Waals surface area contributed by atoms with Gasteiger partial charge < -0.3 is 0 Å². The van der Waals surface area contributed by atoms with E-state index in [1.165, 1.54) is 59.0 Å². The van der Waals surface area contributed by atoms with E-state index in [1.807, 2.05) is 0 Å². The molecule has 0 radical (unpaired) electrons. The molecule has 0 amide bonds. The Hall–Kier alpha value is -2.15. The van der Waals surface area contributed by atoms with E-state index in [-0.39, 0.29) is 0 Å². The van der Waals surface area contributed by atoms with E-state index < -0.39 is 0 Å². The molecule has 0 spiro atoms. The Bertz CT molecular complexity index is 1060. The Morgan fingerprint density at radius 3 is 2.54 bits per heavy atom. The molecule has 0 saturated heterocycles. The summed E-state index contributed by atoms with van der Waals surface area (Å²) < 4.78 is 11.0. The van der Waals surface area contributed by atoms with Crippen LogP contribution in [-0.4, -0.2) is 0 Å². The van der Waals surface area contributed by atoms with Crippen molar-refractivity contribution >= 4 is 10.8 Å². The molecule has 0 unspecified atom stereocenters. The van der Waals surface area contributed by atoms with E-state index in [1.54, 1.807) is 0 Å². The molecular formula is C27H34N+. The monoisotopic (exact) mass is 373 g/mol. The molecule has 1 heteroatoms. The average Bonchev–Trinajstić information content (AvgIpc) is 3.21. The maximum atomic E-state index is 8.81. The number of hydrogen-bond acceptors (Lipinski definition) is 0. The summed E-state index contributed by atoms with van der Waals surface area (Å²) in [4.78, 5) is 0. The van der Waals surface area contributed by atoms with Crippen molar-refractivity contribution in [1.29, 1.82) is 0 Å². The van der Waals surface area contributed by atoms with Gasteiger partial charge in [0.1, 0.15) is 7.05 Å². The largest absolute Gasteiger partial charge is 0.220 e. The van der Waals surface area contributed by atoms with Gasteiger partial charge in [0.2, 0.25) is 5.69 Å². The summed E-state index contributed by atoms with van der Waals surface area (Å²) in [7, 11) is 2.11. The predicted molar refractivity (Wildman–Crippen MR) is 120 cm³/mol. The van der Waals surface area contributed by atoms with Crippen LogP contribution in [0.15, 0.2) is 42.4 Å². The molecular weight excluding hydrogens is 338 g/mol. The summed E-state index contributed by atoms with van der Waals surface area (Å²) in [6, 6.07) is 14.4. The molecule has 2 aromatic carbocycles. The van der Waals surface area contributed by atoms with Crippen molar-refractivity contribution in [2.24, 2.45) is 13.0 Å². The summed E-state index contributed by atoms with van der Waals surface area (Å²) in [6.07, 6.45) is 6.65. The fraction of sp³-hybridized carbons (Fsp3) is 0.444. The highest BCUT2D eigenvalue weighted by atomic mass is 14.9. The lowest BCUT2D eigenvalue weighted by atomic mass is 9.92. The minimum atomic E-state index is 0.500. The average molecular weight is 374 g/mol. The zero-order chi connectivity index (χ0) is 20.7. The van der Waals surface area contributed by atoms with Gasteiger partial charge in [0.25, 0.3) is 0 Å². The van der Waals surface area contributed by atoms with E-state index >= 15 is 0 Å². The minimum Gasteiger partial charge on any atom is -0.198 e. The second-order valence-electron chi connectivity index (χ2n) is 9.08. The molecule has 1 heterocycles. The van der Waals surface area contributed by atoms with Crippen molar-refractivity contribution in [1.82, 2.24) is 0 Å². The third kappa shape index (κ3) is 3.60. The lowest BCUT2D eigenvalue weighted by Crippen LogP contribution is -2.35. The Kier molecular flexibility index (Phi) is 4.93. The Morgan fingerprint density at radius 2 is 1.82 bits per heavy atom. The fourth-order valence-electron chi connectivity index (χ4n) is 4.78. The van der Waals surface area contributed by atoms with E-state index in [4.69, 9.17) is 1.37 Å². The molecule has 0 aliphatic heterocycles. The van der Waals surface area contributed by atoms with Gasteiger partial charge in [0, 0.05) is 18.5 Å². The molecule has 0 N–H and O–H groups in total. The van der Waals surface area contributed by atoms with Crippen molar-refractivity contribution in [3.05, 3.63) is 64.8 Å². The standard InChI is InChI=1S/C27H34N/c1-18(2)23-12-10-19(3)26(17-23)27-25-13-11-22(15-21-8-6-7-9-21)16-24(25)14-20(4)28(27)5/h10-14,16-18,21H,6-9,15H2,1-5H3/q+1/i14D. The van der Waals surface area contributed by atoms with E-state index in [0.717, 1.165) is 23.4 Å². The first-order valence-corrected chi connectivity index (χ1v) is 10.9. The quantitative estimate of drug-likeness (QED) is 0.443. The summed E-state index contributed by atoms with van der Waals surface area (Å²) in [5, 5.41) is 2.29. The predicted octanol–water partition coefficient (Wildman–Crippen LogP) is 6.80. The van der Waals surface area contributed by atoms with Crippen molar-refractivity contribution in [2.75, 3.05) is 0 Å². The summed E-state index contributed by atoms with van der Waals surface area (Å²) in [6.45, 7) is 8.78. The van der Waals surface area contributed by atoms with Crippen LogP contribution in [0.2, 0.25) is 0 Å². The number of benzene rings is 2. The van der Waals surface area contributed by atoms with Crippen LogP contribution >= 0.6 is 0 Å². The first kappa shape index (κ1) is 17.9. The molecule has 3 aromatic rings. The second kappa shape index (κ2) is 7.70. The number of aromatic nitrogens is 1. The third-order valence-corrected chi connectivity index (χ3v) is 6.68. The summed E-state index contributed by atoms with van der Waals surface area (Å²) in [5.41, 5.74) is 7.60. The lowest BCUT2D eigenvalue weighted by Gasteiger charge is -2.14. The van der Waals surface area contributed by atoms with Crippen LogP contribution in [0.3, 0.4) is 0 Å². The van der Waals surface area contributed by atoms with Crippen molar-refractivity contribution in [3.8, 4) is 11.3 Å². The smallest absolute Gasteiger partial charge is 0.198 e. The van der Waals surface area contributed by atoms with Gasteiger partial charge in [0.15, 0.2) is 5.69 Å². The van der Waals surface area contributed by atoms with Gasteiger partial charge in [0.05, 0.1) is 6.76 Å². The molecule has 0 bridgehead atoms. The molecule has 1 nitrogen and oxygen atoms in total. The van der Waals surface area contributed by atoms with Crippen molar-refractivity contribution < 1.29 is 5.94 Å². The molecule has 0 atom stereocenters. The SMILES string of the molecule is [2H]c1c(C)[n+](C)c(-c2cc(C(C)C)ccc2C)c2ccc(CC3CCCC3)cc12. The molecule has 4 rings (SSSR count). The van der Waals surface area contributed by atoms with Gasteiger partial charge in [-0.1, -0.05) is 63.8 Å². The Morgan fingerprint density at radius 1 is 1.07 bits per heavy atom. The molecule has 1 fully saturated rings. The highest BCUT2D eigenvalue weighted by molar-refractivity contribution is 5.94. The highest BCUT2D eigenvalue weighted by Crippen LogP contribution is 2.33. The normalized spacial score (nSPS) is 15.6. The van der Waals surface area contributed by atoms with E-state index in [9.17, 15) is 0 Å². The molecule has 146 valence electrons. The highest BCUT2D eigenvalue weighted by Gasteiger charge is 2.21. The Labute approximate surface area is 171 Å². The summed E-state index contributed by atoms with van der Waals surface area (Å²) >= 11 is 0. The maximum Gasteiger partial charge on any atom is 0.220 e. The number of rotatable bonds is 4. The minimum absolute atomic E-state index is 0.500. The van der Waals surface area contributed by atoms with Crippen molar-refractivity contribution in [3.63, 3.8) is 0 Å². The van der Waals surface area contributed by atoms with Crippen LogP contribution in [0.5, 0.6) is 0 Å². The van der Waals surface area contributed by atoms with Gasteiger partial charge in [-0.25, -0.2) is 0 Å². The lowest BCUT2D eigenvalue weighted by molar-refractivity contribution is -0.665. The zero-order valence-electron chi connectivity index (χ0n) is 19.1. The van der Waals surface area contributed by atoms with E-state index in [0.29, 0.717) is 12.0 Å². The number of fused-ring (bicyclic) bond motifs is 1. The third-order valence-electron chi connectivity index (χ3n) is 6.68. The van der Waals surface area contributed by atoms with Crippen LogP contribution in [-0.2, 0) is 13.5 Å². The molecule has 1 aliphatic rings. The molecule has 1 saturated carbocycles. The van der Waals surface area contributed by atoms with Crippen LogP contribution < -0.4 is 4.57 Å². The molecule has 28 heavy (non-hydrogen) atoms. The Balaban J connectivity index is 1.91. The fourth-order valence-corrected chi connectivity index (χ4v) is 4.78. The maximum absolute atomic E-state index is 8.81. The molecule has 1 aliphatic carbocycles. The first-order valence-electron chi connectivity index (χ1n) is 11.4. The van der Waals surface area contributed by atoms with Gasteiger partial charge in [-0.3, -0.25) is 0 Å². The summed E-state index contributed by atoms with van der Waals surface area (Å²) in [5.74, 6) is 1.33. The van der Waals surface area contributed by atoms with Gasteiger partial charge in [-0.05, 0) is 59.4 Å². The number of aryl methyl sites for hydroxylation is 1. The van der Waals surface area contributed by atoms with Crippen LogP contribution in [0.25, 0.3) is 22.0 Å². The number of nitrogens with zero attached hydrogens (tertiary/aromatic N) is 1. The van der Waals surface area contributed by atoms with Gasteiger partial charge in [-0.2, -0.15) is 4.57 Å². The number of hydrogen-bond donors (Lipinski definition) is 0. The molecule has 1 aromatic heterocycles. The topological polar surface area (TPSA) is 3.88 Å². The van der Waals surface area contributed by atoms with Gasteiger partial charge >= 0.3 is 0 Å². The van der Waals surface area contributed by atoms with Crippen LogP contribution in [0, 0.1) is 19.8 Å². The second-order valence-corrected chi connectivity index (χ2v) is 9.08. The first-order chi connectivity index (χ1) is 13.9. The van der Waals surface area contributed by atoms with Crippen LogP contribution in [0.1, 0.15) is 69.2 Å². The van der Waals surface area contributed by atoms with Crippen LogP contribution in [0.4, 0.5) is 0 Å². The van der Waals surface area contributed by atoms with Gasteiger partial charge in [-0.15, -0.1) is 0 Å².